The Bertz CT molecular complexity index is 1100. The number of aromatic amines is 1. The molecule has 0 bridgehead atoms. The van der Waals surface area contributed by atoms with Crippen molar-refractivity contribution in [1.82, 2.24) is 24.9 Å². The molecule has 5 nitrogen and oxygen atoms in total. The highest BCUT2D eigenvalue weighted by Crippen LogP contribution is 2.27. The molecular weight excluding hydrogens is 367 g/mol. The average molecular weight is 382 g/mol. The minimum Gasteiger partial charge on any atom is -0.346 e. The molecule has 4 aromatic rings. The van der Waals surface area contributed by atoms with Gasteiger partial charge in [0, 0.05) is 42.8 Å². The third-order valence-corrected chi connectivity index (χ3v) is 4.25. The highest BCUT2D eigenvalue weighted by molar-refractivity contribution is 5.80. The molecule has 1 N–H and O–H groups in total. The van der Waals surface area contributed by atoms with Gasteiger partial charge in [-0.25, -0.2) is 15.0 Å². The fourth-order valence-corrected chi connectivity index (χ4v) is 2.87. The summed E-state index contributed by atoms with van der Waals surface area (Å²) in [4.78, 5) is 19.5. The Morgan fingerprint density at radius 1 is 1.00 bits per heavy atom. The maximum Gasteiger partial charge on any atom is 0.433 e. The lowest BCUT2D eigenvalue weighted by Crippen LogP contribution is -2.07. The van der Waals surface area contributed by atoms with E-state index in [1.165, 1.54) is 6.07 Å². The molecule has 8 heteroatoms. The number of rotatable bonds is 4. The highest BCUT2D eigenvalue weighted by atomic mass is 19.4. The molecule has 0 aliphatic carbocycles. The van der Waals surface area contributed by atoms with Crippen molar-refractivity contribution in [2.45, 2.75) is 19.5 Å². The Morgan fingerprint density at radius 2 is 1.79 bits per heavy atom. The highest BCUT2D eigenvalue weighted by Gasteiger charge is 2.32. The number of hydrogen-bond acceptors (Lipinski definition) is 4. The summed E-state index contributed by atoms with van der Waals surface area (Å²) >= 11 is 0. The molecule has 0 fully saturated rings. The predicted octanol–water partition coefficient (Wildman–Crippen LogP) is 4.27. The van der Waals surface area contributed by atoms with Crippen molar-refractivity contribution >= 4 is 11.0 Å². The van der Waals surface area contributed by atoms with E-state index < -0.39 is 11.9 Å². The monoisotopic (exact) mass is 382 g/mol. The Labute approximate surface area is 158 Å². The summed E-state index contributed by atoms with van der Waals surface area (Å²) in [6.07, 6.45) is 6.08. The van der Waals surface area contributed by atoms with E-state index in [0.29, 0.717) is 17.8 Å². The van der Waals surface area contributed by atoms with Crippen LogP contribution in [-0.4, -0.2) is 24.9 Å². The van der Waals surface area contributed by atoms with E-state index in [9.17, 15) is 13.2 Å². The van der Waals surface area contributed by atoms with Crippen molar-refractivity contribution < 1.29 is 13.2 Å². The quantitative estimate of drug-likeness (QED) is 0.573. The van der Waals surface area contributed by atoms with Gasteiger partial charge < -0.3 is 4.98 Å². The van der Waals surface area contributed by atoms with Crippen LogP contribution in [0.5, 0.6) is 0 Å². The molecule has 1 radical (unpaired) electrons. The van der Waals surface area contributed by atoms with Gasteiger partial charge in [0.1, 0.15) is 17.2 Å². The van der Waals surface area contributed by atoms with E-state index in [4.69, 9.17) is 0 Å². The van der Waals surface area contributed by atoms with Crippen LogP contribution in [0.15, 0.2) is 49.2 Å². The van der Waals surface area contributed by atoms with E-state index in [0.717, 1.165) is 40.0 Å². The zero-order valence-corrected chi connectivity index (χ0v) is 14.8. The first-order chi connectivity index (χ1) is 13.4. The van der Waals surface area contributed by atoms with Gasteiger partial charge >= 0.3 is 6.18 Å². The van der Waals surface area contributed by atoms with Crippen LogP contribution in [-0.2, 0) is 12.6 Å². The number of nitrogens with zero attached hydrogens (tertiary/aromatic N) is 4. The topological polar surface area (TPSA) is 67.3 Å². The zero-order valence-electron chi connectivity index (χ0n) is 14.8. The lowest BCUT2D eigenvalue weighted by Gasteiger charge is -2.06. The Balaban J connectivity index is 1.47. The molecule has 4 aromatic heterocycles. The molecule has 4 heterocycles. The molecule has 0 aliphatic rings. The first-order valence-corrected chi connectivity index (χ1v) is 8.50. The number of alkyl halides is 3. The third-order valence-electron chi connectivity index (χ3n) is 4.25. The van der Waals surface area contributed by atoms with Crippen molar-refractivity contribution in [1.29, 1.82) is 0 Å². The lowest BCUT2D eigenvalue weighted by atomic mass is 10.1. The van der Waals surface area contributed by atoms with Gasteiger partial charge in [0.15, 0.2) is 0 Å². The molecule has 0 saturated carbocycles. The van der Waals surface area contributed by atoms with Crippen LogP contribution in [0.1, 0.15) is 33.8 Å². The van der Waals surface area contributed by atoms with Crippen LogP contribution >= 0.6 is 0 Å². The summed E-state index contributed by atoms with van der Waals surface area (Å²) in [5.74, 6) is 0.404. The largest absolute Gasteiger partial charge is 0.433 e. The molecule has 0 saturated heterocycles. The zero-order chi connectivity index (χ0) is 19.7. The summed E-state index contributed by atoms with van der Waals surface area (Å²) in [7, 11) is 0. The SMILES string of the molecule is Cc1cnc2[nH]cc(Cc3cnc([CH]c4ccc(C(F)(F)F)nc4)nc3)c2c1. The third kappa shape index (κ3) is 3.85. The number of pyridine rings is 2. The molecule has 28 heavy (non-hydrogen) atoms. The summed E-state index contributed by atoms with van der Waals surface area (Å²) in [6.45, 7) is 1.99. The van der Waals surface area contributed by atoms with E-state index in [1.807, 2.05) is 19.3 Å². The first-order valence-electron chi connectivity index (χ1n) is 8.50. The maximum absolute atomic E-state index is 12.6. The number of fused-ring (bicyclic) bond motifs is 1. The second-order valence-corrected chi connectivity index (χ2v) is 6.47. The maximum atomic E-state index is 12.6. The number of aromatic nitrogens is 5. The summed E-state index contributed by atoms with van der Waals surface area (Å²) in [5.41, 5.74) is 3.51. The van der Waals surface area contributed by atoms with E-state index in [1.54, 1.807) is 18.8 Å². The molecule has 0 spiro atoms. The average Bonchev–Trinajstić information content (AvgIpc) is 3.05. The summed E-state index contributed by atoms with van der Waals surface area (Å²) in [6, 6.07) is 4.36. The standard InChI is InChI=1S/C20H15F3N5/c1-12-4-16-15(11-28-19(16)27-7-12)5-14-9-25-18(26-10-14)6-13-2-3-17(24-8-13)20(21,22)23/h2-4,6-11H,5H2,1H3,(H,27,28). The molecule has 4 rings (SSSR count). The number of H-pyrrole nitrogens is 1. The van der Waals surface area contributed by atoms with Crippen molar-refractivity contribution in [2.24, 2.45) is 0 Å². The van der Waals surface area contributed by atoms with Crippen LogP contribution < -0.4 is 0 Å². The van der Waals surface area contributed by atoms with Crippen LogP contribution in [0, 0.1) is 13.3 Å². The van der Waals surface area contributed by atoms with Gasteiger partial charge in [0.25, 0.3) is 0 Å². The summed E-state index contributed by atoms with van der Waals surface area (Å²) in [5, 5.41) is 1.06. The van der Waals surface area contributed by atoms with Crippen LogP contribution in [0.3, 0.4) is 0 Å². The molecule has 141 valence electrons. The molecule has 0 unspecified atom stereocenters. The molecule has 0 aliphatic heterocycles. The van der Waals surface area contributed by atoms with Crippen LogP contribution in [0.2, 0.25) is 0 Å². The van der Waals surface area contributed by atoms with Crippen molar-refractivity contribution in [2.75, 3.05) is 0 Å². The smallest absolute Gasteiger partial charge is 0.346 e. The van der Waals surface area contributed by atoms with Gasteiger partial charge in [-0.15, -0.1) is 0 Å². The first kappa shape index (κ1) is 18.1. The van der Waals surface area contributed by atoms with Crippen LogP contribution in [0.25, 0.3) is 11.0 Å². The molecular formula is C20H15F3N5. The van der Waals surface area contributed by atoms with E-state index in [2.05, 4.69) is 31.0 Å². The van der Waals surface area contributed by atoms with Gasteiger partial charge in [0.05, 0.1) is 6.42 Å². The number of nitrogens with one attached hydrogen (secondary N) is 1. The van der Waals surface area contributed by atoms with Crippen molar-refractivity contribution in [3.63, 3.8) is 0 Å². The Kier molecular flexibility index (Phi) is 4.54. The van der Waals surface area contributed by atoms with Crippen LogP contribution in [0.4, 0.5) is 13.2 Å². The van der Waals surface area contributed by atoms with E-state index in [-0.39, 0.29) is 0 Å². The second kappa shape index (κ2) is 7.03. The molecule has 0 atom stereocenters. The minimum atomic E-state index is -4.45. The van der Waals surface area contributed by atoms with Crippen molar-refractivity contribution in [3.05, 3.63) is 89.4 Å². The number of aryl methyl sites for hydroxylation is 1. The normalized spacial score (nSPS) is 11.9. The van der Waals surface area contributed by atoms with Gasteiger partial charge in [-0.05, 0) is 41.3 Å². The number of halogens is 3. The predicted molar refractivity (Wildman–Crippen MR) is 97.4 cm³/mol. The molecule has 0 amide bonds. The van der Waals surface area contributed by atoms with Gasteiger partial charge in [-0.2, -0.15) is 13.2 Å². The second-order valence-electron chi connectivity index (χ2n) is 6.47. The molecule has 0 aromatic carbocycles. The Hall–Kier alpha value is -3.29. The van der Waals surface area contributed by atoms with E-state index >= 15 is 0 Å². The minimum absolute atomic E-state index is 0.404. The fraction of sp³-hybridized carbons (Fsp3) is 0.150. The number of hydrogen-bond donors (Lipinski definition) is 1. The van der Waals surface area contributed by atoms with Crippen molar-refractivity contribution in [3.8, 4) is 0 Å². The van der Waals surface area contributed by atoms with Gasteiger partial charge in [-0.1, -0.05) is 6.07 Å². The summed E-state index contributed by atoms with van der Waals surface area (Å²) < 4.78 is 37.7. The van der Waals surface area contributed by atoms with Gasteiger partial charge in [0.2, 0.25) is 0 Å². The fourth-order valence-electron chi connectivity index (χ4n) is 2.87. The lowest BCUT2D eigenvalue weighted by molar-refractivity contribution is -0.141. The Morgan fingerprint density at radius 3 is 2.46 bits per heavy atom. The van der Waals surface area contributed by atoms with Gasteiger partial charge in [-0.3, -0.25) is 4.98 Å².